The second-order valence-corrected chi connectivity index (χ2v) is 8.85. The molecule has 0 atom stereocenters. The van der Waals surface area contributed by atoms with Crippen LogP contribution in [0.15, 0.2) is 42.6 Å². The van der Waals surface area contributed by atoms with Gasteiger partial charge in [-0.15, -0.1) is 0 Å². The van der Waals surface area contributed by atoms with Crippen molar-refractivity contribution in [1.29, 1.82) is 0 Å². The van der Waals surface area contributed by atoms with Gasteiger partial charge in [0.25, 0.3) is 0 Å². The molecule has 1 heterocycles. The van der Waals surface area contributed by atoms with Gasteiger partial charge in [0.1, 0.15) is 5.75 Å². The van der Waals surface area contributed by atoms with E-state index in [4.69, 9.17) is 4.74 Å². The number of aryl methyl sites for hydroxylation is 1. The fraction of sp³-hybridized carbons (Fsp3) is 0.593. The quantitative estimate of drug-likeness (QED) is 0.362. The van der Waals surface area contributed by atoms with Crippen molar-refractivity contribution in [2.24, 2.45) is 11.8 Å². The fourth-order valence-electron chi connectivity index (χ4n) is 4.61. The highest BCUT2D eigenvalue weighted by molar-refractivity contribution is 5.59. The molecule has 0 aliphatic heterocycles. The third kappa shape index (κ3) is 7.17. The van der Waals surface area contributed by atoms with Crippen molar-refractivity contribution in [3.05, 3.63) is 48.2 Å². The molecule has 0 radical (unpaired) electrons. The van der Waals surface area contributed by atoms with Crippen molar-refractivity contribution >= 4 is 0 Å². The molecule has 2 nitrogen and oxygen atoms in total. The minimum absolute atomic E-state index is 0.782. The van der Waals surface area contributed by atoms with Gasteiger partial charge in [-0.25, -0.2) is 0 Å². The third-order valence-electron chi connectivity index (χ3n) is 6.51. The zero-order valence-electron chi connectivity index (χ0n) is 18.5. The summed E-state index contributed by atoms with van der Waals surface area (Å²) in [6.07, 6.45) is 16.6. The molecular weight excluding hydrogens is 354 g/mol. The molecule has 2 aromatic rings. The van der Waals surface area contributed by atoms with Crippen molar-refractivity contribution in [1.82, 2.24) is 4.98 Å². The van der Waals surface area contributed by atoms with E-state index in [0.29, 0.717) is 0 Å². The summed E-state index contributed by atoms with van der Waals surface area (Å²) in [7, 11) is 0. The summed E-state index contributed by atoms with van der Waals surface area (Å²) in [5.41, 5.74) is 3.67. The summed E-state index contributed by atoms with van der Waals surface area (Å²) >= 11 is 0. The topological polar surface area (TPSA) is 22.1 Å². The fourth-order valence-corrected chi connectivity index (χ4v) is 4.61. The average Bonchev–Trinajstić information content (AvgIpc) is 2.77. The Balaban J connectivity index is 1.44. The summed E-state index contributed by atoms with van der Waals surface area (Å²) in [4.78, 5) is 4.59. The van der Waals surface area contributed by atoms with Crippen LogP contribution >= 0.6 is 0 Å². The Morgan fingerprint density at radius 1 is 0.828 bits per heavy atom. The van der Waals surface area contributed by atoms with Crippen LogP contribution in [0.2, 0.25) is 0 Å². The normalized spacial score (nSPS) is 19.2. The van der Waals surface area contributed by atoms with Crippen LogP contribution in [0, 0.1) is 11.8 Å². The SMILES string of the molecule is CCCCCOc1ccc(-c2ccc(CCC3CCC(CCC)CC3)cc2)nc1. The lowest BCUT2D eigenvalue weighted by atomic mass is 9.78. The first-order valence-electron chi connectivity index (χ1n) is 12.0. The van der Waals surface area contributed by atoms with Gasteiger partial charge in [-0.1, -0.05) is 89.5 Å². The zero-order valence-corrected chi connectivity index (χ0v) is 18.5. The first-order chi connectivity index (χ1) is 14.3. The predicted octanol–water partition coefficient (Wildman–Crippen LogP) is 7.86. The van der Waals surface area contributed by atoms with Gasteiger partial charge >= 0.3 is 0 Å². The van der Waals surface area contributed by atoms with E-state index in [2.05, 4.69) is 49.2 Å². The van der Waals surface area contributed by atoms with Gasteiger partial charge < -0.3 is 4.74 Å². The molecule has 158 valence electrons. The predicted molar refractivity (Wildman–Crippen MR) is 123 cm³/mol. The molecule has 0 bridgehead atoms. The van der Waals surface area contributed by atoms with Crippen LogP contribution in [0.5, 0.6) is 5.75 Å². The second-order valence-electron chi connectivity index (χ2n) is 8.85. The van der Waals surface area contributed by atoms with Crippen LogP contribution in [-0.2, 0) is 6.42 Å². The molecule has 2 heteroatoms. The highest BCUT2D eigenvalue weighted by Gasteiger charge is 2.20. The van der Waals surface area contributed by atoms with Gasteiger partial charge in [0.05, 0.1) is 18.5 Å². The zero-order chi connectivity index (χ0) is 20.3. The number of unbranched alkanes of at least 4 members (excludes halogenated alkanes) is 2. The molecule has 0 N–H and O–H groups in total. The molecule has 3 rings (SSSR count). The Hall–Kier alpha value is -1.83. The summed E-state index contributed by atoms with van der Waals surface area (Å²) < 4.78 is 5.77. The maximum atomic E-state index is 5.77. The monoisotopic (exact) mass is 393 g/mol. The lowest BCUT2D eigenvalue weighted by Gasteiger charge is -2.28. The molecule has 0 amide bonds. The Bertz CT molecular complexity index is 683. The summed E-state index contributed by atoms with van der Waals surface area (Å²) in [5, 5.41) is 0. The van der Waals surface area contributed by atoms with Gasteiger partial charge in [0, 0.05) is 5.56 Å². The van der Waals surface area contributed by atoms with Crippen molar-refractivity contribution in [2.45, 2.75) is 84.5 Å². The van der Waals surface area contributed by atoms with E-state index < -0.39 is 0 Å². The van der Waals surface area contributed by atoms with E-state index in [1.165, 1.54) is 75.3 Å². The van der Waals surface area contributed by atoms with Crippen LogP contribution in [0.4, 0.5) is 0 Å². The van der Waals surface area contributed by atoms with Gasteiger partial charge in [0.2, 0.25) is 0 Å². The van der Waals surface area contributed by atoms with Crippen molar-refractivity contribution in [3.8, 4) is 17.0 Å². The minimum atomic E-state index is 0.782. The second kappa shape index (κ2) is 12.0. The number of rotatable bonds is 11. The Morgan fingerprint density at radius 2 is 1.55 bits per heavy atom. The third-order valence-corrected chi connectivity index (χ3v) is 6.51. The van der Waals surface area contributed by atoms with Crippen LogP contribution in [0.1, 0.15) is 83.6 Å². The summed E-state index contributed by atoms with van der Waals surface area (Å²) in [5.74, 6) is 2.82. The molecule has 1 aliphatic rings. The van der Waals surface area contributed by atoms with Crippen LogP contribution in [0.25, 0.3) is 11.3 Å². The minimum Gasteiger partial charge on any atom is -0.492 e. The van der Waals surface area contributed by atoms with E-state index in [1.807, 2.05) is 12.3 Å². The van der Waals surface area contributed by atoms with Crippen LogP contribution < -0.4 is 4.74 Å². The Kier molecular flexibility index (Phi) is 9.05. The van der Waals surface area contributed by atoms with Gasteiger partial charge in [-0.05, 0) is 48.8 Å². The smallest absolute Gasteiger partial charge is 0.137 e. The number of nitrogens with zero attached hydrogens (tertiary/aromatic N) is 1. The first-order valence-corrected chi connectivity index (χ1v) is 12.0. The van der Waals surface area contributed by atoms with Gasteiger partial charge in [-0.2, -0.15) is 0 Å². The largest absolute Gasteiger partial charge is 0.492 e. The molecule has 0 saturated heterocycles. The van der Waals surface area contributed by atoms with Crippen molar-refractivity contribution in [2.75, 3.05) is 6.61 Å². The maximum absolute atomic E-state index is 5.77. The number of aromatic nitrogens is 1. The van der Waals surface area contributed by atoms with Gasteiger partial charge in [0.15, 0.2) is 0 Å². The summed E-state index contributed by atoms with van der Waals surface area (Å²) in [6.45, 7) is 5.31. The van der Waals surface area contributed by atoms with Gasteiger partial charge in [-0.3, -0.25) is 4.98 Å². The molecule has 29 heavy (non-hydrogen) atoms. The van der Waals surface area contributed by atoms with E-state index in [1.54, 1.807) is 0 Å². The van der Waals surface area contributed by atoms with E-state index in [9.17, 15) is 0 Å². The highest BCUT2D eigenvalue weighted by Crippen LogP contribution is 2.34. The molecular formula is C27H39NO. The average molecular weight is 394 g/mol. The lowest BCUT2D eigenvalue weighted by Crippen LogP contribution is -2.15. The molecule has 1 aromatic carbocycles. The number of pyridine rings is 1. The Morgan fingerprint density at radius 3 is 2.17 bits per heavy atom. The molecule has 1 aromatic heterocycles. The molecule has 1 saturated carbocycles. The standard InChI is InChI=1S/C27H39NO/c1-3-5-6-20-29-26-18-19-27(28-21-26)25-16-14-24(15-17-25)13-12-23-10-8-22(7-4-2)9-11-23/h14-19,21-23H,3-13,20H2,1-2H3. The Labute approximate surface area is 178 Å². The van der Waals surface area contributed by atoms with E-state index in [0.717, 1.165) is 36.3 Å². The summed E-state index contributed by atoms with van der Waals surface area (Å²) in [6, 6.07) is 13.1. The number of ether oxygens (including phenoxy) is 1. The molecule has 1 aliphatic carbocycles. The number of hydrogen-bond acceptors (Lipinski definition) is 2. The van der Waals surface area contributed by atoms with Crippen LogP contribution in [-0.4, -0.2) is 11.6 Å². The van der Waals surface area contributed by atoms with Crippen molar-refractivity contribution < 1.29 is 4.74 Å². The molecule has 0 spiro atoms. The van der Waals surface area contributed by atoms with Crippen LogP contribution in [0.3, 0.4) is 0 Å². The highest BCUT2D eigenvalue weighted by atomic mass is 16.5. The number of hydrogen-bond donors (Lipinski definition) is 0. The van der Waals surface area contributed by atoms with Crippen molar-refractivity contribution in [3.63, 3.8) is 0 Å². The first kappa shape index (κ1) is 21.9. The lowest BCUT2D eigenvalue weighted by molar-refractivity contribution is 0.252. The van der Waals surface area contributed by atoms with E-state index >= 15 is 0 Å². The van der Waals surface area contributed by atoms with E-state index in [-0.39, 0.29) is 0 Å². The maximum Gasteiger partial charge on any atom is 0.137 e. The molecule has 1 fully saturated rings. The molecule has 0 unspecified atom stereocenters. The number of benzene rings is 1.